The number of hydrogen-bond donors (Lipinski definition) is 1. The lowest BCUT2D eigenvalue weighted by atomic mass is 10.1. The first-order valence-electron chi connectivity index (χ1n) is 5.46. The van der Waals surface area contributed by atoms with E-state index in [1.54, 1.807) is 18.1 Å². The van der Waals surface area contributed by atoms with Gasteiger partial charge in [0.15, 0.2) is 5.16 Å². The van der Waals surface area contributed by atoms with Crippen LogP contribution in [0, 0.1) is 6.92 Å². The molecular weight excluding hydrogens is 232 g/mol. The molecule has 0 bridgehead atoms. The maximum Gasteiger partial charge on any atom is 0.195 e. The monoisotopic (exact) mass is 248 g/mol. The lowest BCUT2D eigenvalue weighted by molar-refractivity contribution is 0.788. The van der Waals surface area contributed by atoms with Crippen LogP contribution in [0.15, 0.2) is 34.6 Å². The SMILES string of the molecule is CNCc1ccc(Sc2nncn2C)c(C)c1. The van der Waals surface area contributed by atoms with E-state index in [9.17, 15) is 0 Å². The van der Waals surface area contributed by atoms with Crippen LogP contribution >= 0.6 is 11.8 Å². The van der Waals surface area contributed by atoms with Crippen molar-refractivity contribution in [3.8, 4) is 0 Å². The molecule has 4 nitrogen and oxygen atoms in total. The van der Waals surface area contributed by atoms with Gasteiger partial charge in [0.2, 0.25) is 0 Å². The molecule has 1 N–H and O–H groups in total. The molecule has 2 aromatic rings. The van der Waals surface area contributed by atoms with Crippen molar-refractivity contribution in [1.82, 2.24) is 20.1 Å². The lowest BCUT2D eigenvalue weighted by Gasteiger charge is -2.07. The van der Waals surface area contributed by atoms with Crippen molar-refractivity contribution >= 4 is 11.8 Å². The average Bonchev–Trinajstić information content (AvgIpc) is 2.69. The summed E-state index contributed by atoms with van der Waals surface area (Å²) in [5.74, 6) is 0. The Hall–Kier alpha value is -1.33. The van der Waals surface area contributed by atoms with Crippen molar-refractivity contribution in [3.63, 3.8) is 0 Å². The molecule has 0 saturated carbocycles. The van der Waals surface area contributed by atoms with Crippen LogP contribution in [0.25, 0.3) is 0 Å². The quantitative estimate of drug-likeness (QED) is 0.898. The molecule has 1 heterocycles. The van der Waals surface area contributed by atoms with Crippen molar-refractivity contribution in [3.05, 3.63) is 35.7 Å². The minimum Gasteiger partial charge on any atom is -0.316 e. The number of nitrogens with zero attached hydrogens (tertiary/aromatic N) is 3. The summed E-state index contributed by atoms with van der Waals surface area (Å²) in [4.78, 5) is 1.22. The van der Waals surface area contributed by atoms with E-state index >= 15 is 0 Å². The van der Waals surface area contributed by atoms with Gasteiger partial charge in [0, 0.05) is 18.5 Å². The topological polar surface area (TPSA) is 42.7 Å². The first-order chi connectivity index (χ1) is 8.20. The molecule has 1 aromatic carbocycles. The minimum atomic E-state index is 0.899. The molecule has 1 aromatic heterocycles. The highest BCUT2D eigenvalue weighted by Gasteiger charge is 2.06. The number of benzene rings is 1. The maximum atomic E-state index is 4.07. The first kappa shape index (κ1) is 12.1. The van der Waals surface area contributed by atoms with Gasteiger partial charge in [-0.15, -0.1) is 10.2 Å². The predicted octanol–water partition coefficient (Wildman–Crippen LogP) is 1.99. The van der Waals surface area contributed by atoms with Crippen LogP contribution in [-0.4, -0.2) is 21.8 Å². The number of rotatable bonds is 4. The summed E-state index contributed by atoms with van der Waals surface area (Å²) in [6, 6.07) is 6.48. The Morgan fingerprint density at radius 2 is 2.24 bits per heavy atom. The van der Waals surface area contributed by atoms with E-state index in [1.165, 1.54) is 16.0 Å². The van der Waals surface area contributed by atoms with E-state index in [-0.39, 0.29) is 0 Å². The molecule has 0 fully saturated rings. The Morgan fingerprint density at radius 3 is 2.82 bits per heavy atom. The van der Waals surface area contributed by atoms with Gasteiger partial charge in [-0.25, -0.2) is 0 Å². The van der Waals surface area contributed by atoms with Crippen LogP contribution < -0.4 is 5.32 Å². The summed E-state index contributed by atoms with van der Waals surface area (Å²) >= 11 is 1.64. The lowest BCUT2D eigenvalue weighted by Crippen LogP contribution is -2.05. The zero-order chi connectivity index (χ0) is 12.3. The summed E-state index contributed by atoms with van der Waals surface area (Å²) in [6.07, 6.45) is 1.72. The molecule has 0 aliphatic carbocycles. The van der Waals surface area contributed by atoms with Crippen molar-refractivity contribution in [2.45, 2.75) is 23.5 Å². The molecule has 0 atom stereocenters. The van der Waals surface area contributed by atoms with Crippen LogP contribution in [0.1, 0.15) is 11.1 Å². The third-order valence-electron chi connectivity index (χ3n) is 2.49. The van der Waals surface area contributed by atoms with Gasteiger partial charge in [0.25, 0.3) is 0 Å². The molecular formula is C12H16N4S. The predicted molar refractivity (Wildman–Crippen MR) is 69.1 cm³/mol. The Morgan fingerprint density at radius 1 is 1.41 bits per heavy atom. The Kier molecular flexibility index (Phi) is 3.81. The van der Waals surface area contributed by atoms with Crippen LogP contribution in [0.3, 0.4) is 0 Å². The molecule has 0 aliphatic heterocycles. The van der Waals surface area contributed by atoms with Crippen LogP contribution in [-0.2, 0) is 13.6 Å². The molecule has 5 heteroatoms. The van der Waals surface area contributed by atoms with E-state index in [4.69, 9.17) is 0 Å². The van der Waals surface area contributed by atoms with Gasteiger partial charge in [-0.2, -0.15) is 0 Å². The fourth-order valence-corrected chi connectivity index (χ4v) is 2.44. The third kappa shape index (κ3) is 2.87. The number of aryl methyl sites for hydroxylation is 2. The van der Waals surface area contributed by atoms with E-state index < -0.39 is 0 Å². The molecule has 90 valence electrons. The summed E-state index contributed by atoms with van der Waals surface area (Å²) in [7, 11) is 3.91. The molecule has 0 amide bonds. The van der Waals surface area contributed by atoms with E-state index in [2.05, 4.69) is 40.6 Å². The van der Waals surface area contributed by atoms with Crippen LogP contribution in [0.4, 0.5) is 0 Å². The van der Waals surface area contributed by atoms with Crippen LogP contribution in [0.5, 0.6) is 0 Å². The Bertz CT molecular complexity index is 507. The highest BCUT2D eigenvalue weighted by atomic mass is 32.2. The van der Waals surface area contributed by atoms with Gasteiger partial charge in [-0.05, 0) is 42.9 Å². The number of hydrogen-bond acceptors (Lipinski definition) is 4. The van der Waals surface area contributed by atoms with E-state index in [1.807, 2.05) is 18.7 Å². The number of aromatic nitrogens is 3. The first-order valence-corrected chi connectivity index (χ1v) is 6.28. The Balaban J connectivity index is 2.19. The fraction of sp³-hybridized carbons (Fsp3) is 0.333. The Labute approximate surface area is 105 Å². The standard InChI is InChI=1S/C12H16N4S/c1-9-6-10(7-13-2)4-5-11(9)17-12-15-14-8-16(12)3/h4-6,8,13H,7H2,1-3H3. The fourth-order valence-electron chi connectivity index (χ4n) is 1.60. The van der Waals surface area contributed by atoms with Crippen molar-refractivity contribution in [2.24, 2.45) is 7.05 Å². The van der Waals surface area contributed by atoms with Gasteiger partial charge < -0.3 is 9.88 Å². The molecule has 0 unspecified atom stereocenters. The molecule has 0 radical (unpaired) electrons. The van der Waals surface area contributed by atoms with E-state index in [0.717, 1.165) is 11.7 Å². The highest BCUT2D eigenvalue weighted by Crippen LogP contribution is 2.28. The van der Waals surface area contributed by atoms with E-state index in [0.29, 0.717) is 0 Å². The second-order valence-corrected chi connectivity index (χ2v) is 4.97. The van der Waals surface area contributed by atoms with Crippen molar-refractivity contribution in [2.75, 3.05) is 7.05 Å². The van der Waals surface area contributed by atoms with Gasteiger partial charge >= 0.3 is 0 Å². The third-order valence-corrected chi connectivity index (χ3v) is 3.72. The summed E-state index contributed by atoms with van der Waals surface area (Å²) in [5.41, 5.74) is 2.57. The highest BCUT2D eigenvalue weighted by molar-refractivity contribution is 7.99. The summed E-state index contributed by atoms with van der Waals surface area (Å²) in [5, 5.41) is 12.0. The summed E-state index contributed by atoms with van der Waals surface area (Å²) < 4.78 is 1.92. The summed E-state index contributed by atoms with van der Waals surface area (Å²) in [6.45, 7) is 3.02. The van der Waals surface area contributed by atoms with Gasteiger partial charge in [0.1, 0.15) is 6.33 Å². The normalized spacial score (nSPS) is 10.8. The van der Waals surface area contributed by atoms with Gasteiger partial charge in [-0.1, -0.05) is 12.1 Å². The zero-order valence-corrected chi connectivity index (χ0v) is 11.1. The molecule has 17 heavy (non-hydrogen) atoms. The van der Waals surface area contributed by atoms with Gasteiger partial charge in [0.05, 0.1) is 0 Å². The van der Waals surface area contributed by atoms with Gasteiger partial charge in [-0.3, -0.25) is 0 Å². The zero-order valence-electron chi connectivity index (χ0n) is 10.3. The second kappa shape index (κ2) is 5.33. The van der Waals surface area contributed by atoms with Crippen molar-refractivity contribution in [1.29, 1.82) is 0 Å². The largest absolute Gasteiger partial charge is 0.316 e. The molecule has 0 aliphatic rings. The number of nitrogens with one attached hydrogen (secondary N) is 1. The molecule has 2 rings (SSSR count). The maximum absolute atomic E-state index is 4.07. The molecule has 0 saturated heterocycles. The van der Waals surface area contributed by atoms with Crippen LogP contribution in [0.2, 0.25) is 0 Å². The average molecular weight is 248 g/mol. The minimum absolute atomic E-state index is 0.899. The second-order valence-electron chi connectivity index (χ2n) is 3.96. The smallest absolute Gasteiger partial charge is 0.195 e. The molecule has 0 spiro atoms. The van der Waals surface area contributed by atoms with Crippen molar-refractivity contribution < 1.29 is 0 Å².